The van der Waals surface area contributed by atoms with E-state index in [9.17, 15) is 9.59 Å². The van der Waals surface area contributed by atoms with Crippen molar-refractivity contribution in [3.8, 4) is 0 Å². The van der Waals surface area contributed by atoms with Gasteiger partial charge >= 0.3 is 0 Å². The van der Waals surface area contributed by atoms with Crippen molar-refractivity contribution in [3.05, 3.63) is 58.5 Å². The highest BCUT2D eigenvalue weighted by molar-refractivity contribution is 5.88. The number of hydrogen-bond donors (Lipinski definition) is 1. The van der Waals surface area contributed by atoms with Gasteiger partial charge < -0.3 is 18.9 Å². The van der Waals surface area contributed by atoms with E-state index in [1.54, 1.807) is 6.07 Å². The average Bonchev–Trinajstić information content (AvgIpc) is 3.32. The molecule has 0 unspecified atom stereocenters. The molecule has 1 saturated heterocycles. The van der Waals surface area contributed by atoms with Crippen molar-refractivity contribution in [2.45, 2.75) is 38.6 Å². The Hall–Kier alpha value is -3.04. The molecular weight excluding hydrogens is 422 g/mol. The molecule has 0 atom stereocenters. The Morgan fingerprint density at radius 2 is 1.88 bits per heavy atom. The molecule has 1 fully saturated rings. The highest BCUT2D eigenvalue weighted by Crippen LogP contribution is 2.27. The molecule has 1 amide bonds. The number of amides is 1. The van der Waals surface area contributed by atoms with Crippen molar-refractivity contribution in [1.29, 1.82) is 0 Å². The highest BCUT2D eigenvalue weighted by atomic mass is 16.5. The van der Waals surface area contributed by atoms with E-state index in [0.717, 1.165) is 30.6 Å². The first-order chi connectivity index (χ1) is 16.2. The first-order valence-corrected chi connectivity index (χ1v) is 11.6. The molecule has 0 saturated carbocycles. The van der Waals surface area contributed by atoms with E-state index in [1.807, 2.05) is 42.4 Å². The van der Waals surface area contributed by atoms with E-state index in [2.05, 4.69) is 19.7 Å². The standard InChI is InChI=1S/C24H31N5O4/c1-2-32-15-16-33-14-13-29-12-9-25-23(29)18-7-10-28(11-8-18)22(30)17-21-19-5-3-4-6-20(19)24(31)27-26-21/h3-6,9,12,18H,2,7-8,10-11,13-17H2,1H3,(H,27,31). The first-order valence-electron chi connectivity index (χ1n) is 11.6. The molecule has 0 aliphatic carbocycles. The number of fused-ring (bicyclic) bond motifs is 1. The number of nitrogens with zero attached hydrogens (tertiary/aromatic N) is 4. The molecule has 1 aromatic carbocycles. The second-order valence-corrected chi connectivity index (χ2v) is 8.16. The lowest BCUT2D eigenvalue weighted by Crippen LogP contribution is -2.39. The van der Waals surface area contributed by atoms with Gasteiger partial charge in [-0.15, -0.1) is 0 Å². The number of likely N-dealkylation sites (tertiary alicyclic amines) is 1. The zero-order valence-corrected chi connectivity index (χ0v) is 19.0. The smallest absolute Gasteiger partial charge is 0.272 e. The second-order valence-electron chi connectivity index (χ2n) is 8.16. The zero-order chi connectivity index (χ0) is 23.0. The largest absolute Gasteiger partial charge is 0.379 e. The van der Waals surface area contributed by atoms with Gasteiger partial charge in [0.15, 0.2) is 0 Å². The van der Waals surface area contributed by atoms with E-state index in [0.29, 0.717) is 56.5 Å². The van der Waals surface area contributed by atoms with Crippen LogP contribution < -0.4 is 5.56 Å². The highest BCUT2D eigenvalue weighted by Gasteiger charge is 2.27. The van der Waals surface area contributed by atoms with Crippen molar-refractivity contribution in [2.75, 3.05) is 39.5 Å². The molecule has 1 N–H and O–H groups in total. The Morgan fingerprint density at radius 3 is 2.67 bits per heavy atom. The predicted molar refractivity (Wildman–Crippen MR) is 124 cm³/mol. The number of ether oxygens (including phenoxy) is 2. The maximum Gasteiger partial charge on any atom is 0.272 e. The van der Waals surface area contributed by atoms with Gasteiger partial charge in [-0.2, -0.15) is 5.10 Å². The van der Waals surface area contributed by atoms with Crippen LogP contribution in [0.25, 0.3) is 10.8 Å². The number of carbonyl (C=O) groups excluding carboxylic acids is 1. The minimum Gasteiger partial charge on any atom is -0.379 e. The molecule has 1 aliphatic rings. The van der Waals surface area contributed by atoms with Crippen molar-refractivity contribution in [2.24, 2.45) is 0 Å². The minimum atomic E-state index is -0.238. The number of aromatic nitrogens is 4. The van der Waals surface area contributed by atoms with Gasteiger partial charge in [0.25, 0.3) is 5.56 Å². The summed E-state index contributed by atoms with van der Waals surface area (Å²) in [6.07, 6.45) is 5.74. The van der Waals surface area contributed by atoms with Crippen LogP contribution in [0.1, 0.15) is 37.2 Å². The van der Waals surface area contributed by atoms with E-state index >= 15 is 0 Å². The van der Waals surface area contributed by atoms with Crippen LogP contribution in [0.2, 0.25) is 0 Å². The van der Waals surface area contributed by atoms with Gasteiger partial charge in [-0.3, -0.25) is 9.59 Å². The monoisotopic (exact) mass is 453 g/mol. The van der Waals surface area contributed by atoms with E-state index in [-0.39, 0.29) is 17.9 Å². The van der Waals surface area contributed by atoms with Crippen LogP contribution in [0.15, 0.2) is 41.5 Å². The van der Waals surface area contributed by atoms with Crippen molar-refractivity contribution in [1.82, 2.24) is 24.6 Å². The summed E-state index contributed by atoms with van der Waals surface area (Å²) in [4.78, 5) is 31.4. The topological polar surface area (TPSA) is 102 Å². The maximum atomic E-state index is 13.0. The molecule has 4 rings (SSSR count). The number of piperidine rings is 1. The number of hydrogen-bond acceptors (Lipinski definition) is 6. The van der Waals surface area contributed by atoms with E-state index in [4.69, 9.17) is 9.47 Å². The number of H-pyrrole nitrogens is 1. The molecule has 3 heterocycles. The predicted octanol–water partition coefficient (Wildman–Crippen LogP) is 2.12. The summed E-state index contributed by atoms with van der Waals surface area (Å²) >= 11 is 0. The molecule has 9 heteroatoms. The van der Waals surface area contributed by atoms with Gasteiger partial charge in [-0.1, -0.05) is 18.2 Å². The third kappa shape index (κ3) is 5.66. The van der Waals surface area contributed by atoms with Gasteiger partial charge in [-0.05, 0) is 25.8 Å². The fourth-order valence-corrected chi connectivity index (χ4v) is 4.35. The molecule has 1 aliphatic heterocycles. The zero-order valence-electron chi connectivity index (χ0n) is 19.0. The normalized spacial score (nSPS) is 14.8. The molecule has 3 aromatic rings. The summed E-state index contributed by atoms with van der Waals surface area (Å²) in [5.41, 5.74) is 0.370. The Balaban J connectivity index is 1.30. The van der Waals surface area contributed by atoms with Gasteiger partial charge in [0.1, 0.15) is 5.82 Å². The summed E-state index contributed by atoms with van der Waals surface area (Å²) in [5, 5.41) is 7.94. The number of nitrogens with one attached hydrogen (secondary N) is 1. The van der Waals surface area contributed by atoms with E-state index < -0.39 is 0 Å². The van der Waals surface area contributed by atoms with E-state index in [1.165, 1.54) is 0 Å². The third-order valence-electron chi connectivity index (χ3n) is 6.11. The van der Waals surface area contributed by atoms with Crippen LogP contribution >= 0.6 is 0 Å². The van der Waals surface area contributed by atoms with Crippen LogP contribution in [0.5, 0.6) is 0 Å². The minimum absolute atomic E-state index is 0.0317. The van der Waals surface area contributed by atoms with Crippen LogP contribution in [0.3, 0.4) is 0 Å². The lowest BCUT2D eigenvalue weighted by atomic mass is 9.95. The molecule has 9 nitrogen and oxygen atoms in total. The number of rotatable bonds is 10. The summed E-state index contributed by atoms with van der Waals surface area (Å²) in [6, 6.07) is 7.26. The van der Waals surface area contributed by atoms with Crippen LogP contribution in [-0.2, 0) is 27.2 Å². The van der Waals surface area contributed by atoms with Crippen molar-refractivity contribution < 1.29 is 14.3 Å². The Morgan fingerprint density at radius 1 is 1.12 bits per heavy atom. The van der Waals surface area contributed by atoms with Gasteiger partial charge in [0.2, 0.25) is 5.91 Å². The van der Waals surface area contributed by atoms with Crippen molar-refractivity contribution in [3.63, 3.8) is 0 Å². The van der Waals surface area contributed by atoms with Gasteiger partial charge in [0, 0.05) is 49.9 Å². The molecular formula is C24H31N5O4. The second kappa shape index (κ2) is 11.2. The third-order valence-corrected chi connectivity index (χ3v) is 6.11. The number of benzene rings is 1. The summed E-state index contributed by atoms with van der Waals surface area (Å²) in [7, 11) is 0. The van der Waals surface area contributed by atoms with Crippen LogP contribution in [0.4, 0.5) is 0 Å². The molecule has 0 spiro atoms. The fraction of sp³-hybridized carbons (Fsp3) is 0.500. The number of imidazole rings is 1. The Labute approximate surface area is 192 Å². The summed E-state index contributed by atoms with van der Waals surface area (Å²) in [6.45, 7) is 6.62. The van der Waals surface area contributed by atoms with Crippen LogP contribution in [-0.4, -0.2) is 70.1 Å². The van der Waals surface area contributed by atoms with Gasteiger partial charge in [0.05, 0.1) is 37.3 Å². The lowest BCUT2D eigenvalue weighted by Gasteiger charge is -2.32. The maximum absolute atomic E-state index is 13.0. The SMILES string of the molecule is CCOCCOCCn1ccnc1C1CCN(C(=O)Cc2n[nH]c(=O)c3ccccc23)CC1. The fourth-order valence-electron chi connectivity index (χ4n) is 4.35. The molecule has 0 radical (unpaired) electrons. The molecule has 2 aromatic heterocycles. The lowest BCUT2D eigenvalue weighted by molar-refractivity contribution is -0.131. The van der Waals surface area contributed by atoms with Crippen LogP contribution in [0, 0.1) is 0 Å². The first kappa shape index (κ1) is 23.1. The summed E-state index contributed by atoms with van der Waals surface area (Å²) < 4.78 is 13.1. The summed E-state index contributed by atoms with van der Waals surface area (Å²) in [5.74, 6) is 1.41. The molecule has 176 valence electrons. The Kier molecular flexibility index (Phi) is 7.85. The molecule has 0 bridgehead atoms. The number of carbonyl (C=O) groups is 1. The van der Waals surface area contributed by atoms with Gasteiger partial charge in [-0.25, -0.2) is 10.1 Å². The van der Waals surface area contributed by atoms with Crippen molar-refractivity contribution >= 4 is 16.7 Å². The average molecular weight is 454 g/mol. The number of aromatic amines is 1. The molecule has 33 heavy (non-hydrogen) atoms. The quantitative estimate of drug-likeness (QED) is 0.472. The Bertz CT molecular complexity index is 1120.